The Kier molecular flexibility index (Phi) is 5.64. The standard InChI is InChI=1S/C20H26N6O/c1-27-26-24-22-15-25(26)20(17-11-6-3-7-12-17)23-18-13-8-14-21-19(18)16-9-4-2-5-10-16/h2-7,9-12,15,18-21,23-24H,8,13-14H2,1H3/t18-,19-,20?/m0/s1. The number of rotatable bonds is 6. The molecule has 3 N–H and O–H groups in total. The molecule has 0 aliphatic carbocycles. The van der Waals surface area contributed by atoms with Gasteiger partial charge in [0.25, 0.3) is 0 Å². The average Bonchev–Trinajstić information content (AvgIpc) is 3.22. The largest absolute Gasteiger partial charge is 0.309 e. The summed E-state index contributed by atoms with van der Waals surface area (Å²) in [6.07, 6.45) is 3.87. The zero-order valence-electron chi connectivity index (χ0n) is 15.5. The van der Waals surface area contributed by atoms with E-state index in [-0.39, 0.29) is 18.2 Å². The van der Waals surface area contributed by atoms with Gasteiger partial charge in [0.1, 0.15) is 12.5 Å². The van der Waals surface area contributed by atoms with Crippen molar-refractivity contribution in [2.24, 2.45) is 5.10 Å². The normalized spacial score (nSPS) is 24.0. The summed E-state index contributed by atoms with van der Waals surface area (Å²) in [6, 6.07) is 21.5. The van der Waals surface area contributed by atoms with E-state index in [2.05, 4.69) is 75.9 Å². The molecule has 4 rings (SSSR count). The van der Waals surface area contributed by atoms with Crippen molar-refractivity contribution in [2.75, 3.05) is 13.7 Å². The van der Waals surface area contributed by atoms with Crippen molar-refractivity contribution >= 4 is 6.34 Å². The molecule has 0 bridgehead atoms. The van der Waals surface area contributed by atoms with E-state index in [1.807, 2.05) is 11.1 Å². The summed E-state index contributed by atoms with van der Waals surface area (Å²) in [7, 11) is 1.62. The number of hydrazone groups is 1. The molecule has 0 amide bonds. The number of hydrogen-bond donors (Lipinski definition) is 3. The second-order valence-corrected chi connectivity index (χ2v) is 6.75. The maximum Gasteiger partial charge on any atom is 0.133 e. The monoisotopic (exact) mass is 366 g/mol. The summed E-state index contributed by atoms with van der Waals surface area (Å²) in [6.45, 7) is 1.03. The molecule has 2 aliphatic heterocycles. The van der Waals surface area contributed by atoms with Gasteiger partial charge in [0, 0.05) is 17.4 Å². The third-order valence-electron chi connectivity index (χ3n) is 5.07. The summed E-state index contributed by atoms with van der Waals surface area (Å²) in [5.74, 6) is 0. The molecular weight excluding hydrogens is 340 g/mol. The predicted molar refractivity (Wildman–Crippen MR) is 105 cm³/mol. The highest BCUT2D eigenvalue weighted by molar-refractivity contribution is 5.56. The van der Waals surface area contributed by atoms with E-state index in [1.165, 1.54) is 10.8 Å². The predicted octanol–water partition coefficient (Wildman–Crippen LogP) is 2.31. The van der Waals surface area contributed by atoms with Crippen molar-refractivity contribution in [3.8, 4) is 0 Å². The van der Waals surface area contributed by atoms with Gasteiger partial charge in [-0.1, -0.05) is 60.7 Å². The van der Waals surface area contributed by atoms with Crippen LogP contribution < -0.4 is 16.2 Å². The highest BCUT2D eigenvalue weighted by atomic mass is 16.8. The summed E-state index contributed by atoms with van der Waals surface area (Å²) < 4.78 is 0. The van der Waals surface area contributed by atoms with E-state index >= 15 is 0 Å². The molecule has 142 valence electrons. The van der Waals surface area contributed by atoms with Crippen LogP contribution in [0.1, 0.15) is 36.2 Å². The van der Waals surface area contributed by atoms with Gasteiger partial charge >= 0.3 is 0 Å². The van der Waals surface area contributed by atoms with E-state index < -0.39 is 0 Å². The Morgan fingerprint density at radius 2 is 1.85 bits per heavy atom. The van der Waals surface area contributed by atoms with Crippen LogP contribution in [0.4, 0.5) is 0 Å². The highest BCUT2D eigenvalue weighted by Gasteiger charge is 2.33. The van der Waals surface area contributed by atoms with Crippen LogP contribution in [-0.4, -0.2) is 36.3 Å². The molecule has 1 unspecified atom stereocenters. The molecule has 2 aliphatic rings. The van der Waals surface area contributed by atoms with Gasteiger partial charge in [-0.05, 0) is 30.5 Å². The molecule has 0 spiro atoms. The molecule has 2 heterocycles. The highest BCUT2D eigenvalue weighted by Crippen LogP contribution is 2.28. The van der Waals surface area contributed by atoms with Gasteiger partial charge in [-0.3, -0.25) is 10.2 Å². The van der Waals surface area contributed by atoms with Crippen LogP contribution in [0, 0.1) is 0 Å². The smallest absolute Gasteiger partial charge is 0.133 e. The van der Waals surface area contributed by atoms with E-state index in [1.54, 1.807) is 13.4 Å². The van der Waals surface area contributed by atoms with Crippen molar-refractivity contribution in [1.29, 1.82) is 0 Å². The topological polar surface area (TPSA) is 64.2 Å². The van der Waals surface area contributed by atoms with E-state index in [9.17, 15) is 0 Å². The fourth-order valence-electron chi connectivity index (χ4n) is 3.78. The second kappa shape index (κ2) is 8.49. The molecule has 2 aromatic carbocycles. The van der Waals surface area contributed by atoms with Crippen LogP contribution in [0.25, 0.3) is 0 Å². The minimum absolute atomic E-state index is 0.110. The van der Waals surface area contributed by atoms with Gasteiger partial charge in [0.2, 0.25) is 0 Å². The maximum absolute atomic E-state index is 5.39. The minimum atomic E-state index is -0.110. The Balaban J connectivity index is 1.61. The van der Waals surface area contributed by atoms with Crippen LogP contribution >= 0.6 is 0 Å². The van der Waals surface area contributed by atoms with E-state index in [0.717, 1.165) is 24.9 Å². The molecule has 7 heteroatoms. The molecule has 1 saturated heterocycles. The summed E-state index contributed by atoms with van der Waals surface area (Å²) >= 11 is 0. The third-order valence-corrected chi connectivity index (χ3v) is 5.07. The first-order chi connectivity index (χ1) is 13.4. The third kappa shape index (κ3) is 3.96. The Morgan fingerprint density at radius 1 is 1.11 bits per heavy atom. The van der Waals surface area contributed by atoms with E-state index in [0.29, 0.717) is 0 Å². The second-order valence-electron chi connectivity index (χ2n) is 6.75. The lowest BCUT2D eigenvalue weighted by Crippen LogP contribution is -2.54. The lowest BCUT2D eigenvalue weighted by Gasteiger charge is -2.40. The zero-order valence-corrected chi connectivity index (χ0v) is 15.5. The SMILES string of the molecule is CON1NN=CN1C(N[C@H]1CCCN[C@H]1c1ccccc1)c1ccccc1. The first-order valence-corrected chi connectivity index (χ1v) is 9.37. The van der Waals surface area contributed by atoms with Crippen molar-refractivity contribution in [3.63, 3.8) is 0 Å². The molecule has 1 fully saturated rings. The Hall–Kier alpha value is -2.45. The fraction of sp³-hybridized carbons (Fsp3) is 0.350. The van der Waals surface area contributed by atoms with Gasteiger partial charge < -0.3 is 5.32 Å². The molecular formula is C20H26N6O. The summed E-state index contributed by atoms with van der Waals surface area (Å²) in [4.78, 5) is 5.39. The molecule has 2 aromatic rings. The van der Waals surface area contributed by atoms with Crippen LogP contribution in [0.3, 0.4) is 0 Å². The van der Waals surface area contributed by atoms with Gasteiger partial charge in [0.05, 0.1) is 7.11 Å². The van der Waals surface area contributed by atoms with Crippen LogP contribution in [-0.2, 0) is 4.84 Å². The lowest BCUT2D eigenvalue weighted by molar-refractivity contribution is -0.276. The van der Waals surface area contributed by atoms with Gasteiger partial charge in [-0.15, -0.1) is 5.10 Å². The van der Waals surface area contributed by atoms with Crippen molar-refractivity contribution < 1.29 is 4.84 Å². The number of benzene rings is 2. The molecule has 27 heavy (non-hydrogen) atoms. The quantitative estimate of drug-likeness (QED) is 0.729. The number of hydrogen-bond acceptors (Lipinski definition) is 7. The first kappa shape index (κ1) is 17.9. The first-order valence-electron chi connectivity index (χ1n) is 9.37. The lowest BCUT2D eigenvalue weighted by atomic mass is 9.91. The van der Waals surface area contributed by atoms with Gasteiger partial charge in [-0.2, -0.15) is 5.53 Å². The maximum atomic E-state index is 5.39. The Bertz CT molecular complexity index is 741. The number of hydrazine groups is 2. The molecule has 7 nitrogen and oxygen atoms in total. The van der Waals surface area contributed by atoms with Crippen LogP contribution in [0.15, 0.2) is 65.8 Å². The van der Waals surface area contributed by atoms with Crippen molar-refractivity contribution in [2.45, 2.75) is 31.1 Å². The van der Waals surface area contributed by atoms with Crippen molar-refractivity contribution in [3.05, 3.63) is 71.8 Å². The van der Waals surface area contributed by atoms with Gasteiger partial charge in [-0.25, -0.2) is 5.01 Å². The molecule has 0 aromatic heterocycles. The van der Waals surface area contributed by atoms with Crippen molar-refractivity contribution in [1.82, 2.24) is 26.5 Å². The average molecular weight is 366 g/mol. The molecule has 3 atom stereocenters. The van der Waals surface area contributed by atoms with Gasteiger partial charge in [0.15, 0.2) is 0 Å². The Labute approximate surface area is 159 Å². The number of piperidine rings is 1. The van der Waals surface area contributed by atoms with Crippen LogP contribution in [0.2, 0.25) is 0 Å². The number of nitrogens with one attached hydrogen (secondary N) is 3. The molecule has 0 saturated carbocycles. The zero-order chi connectivity index (χ0) is 18.5. The Morgan fingerprint density at radius 3 is 2.59 bits per heavy atom. The summed E-state index contributed by atoms with van der Waals surface area (Å²) in [5, 5.41) is 15.1. The van der Waals surface area contributed by atoms with E-state index in [4.69, 9.17) is 4.84 Å². The number of nitrogens with zero attached hydrogens (tertiary/aromatic N) is 3. The molecule has 0 radical (unpaired) electrons. The fourth-order valence-corrected chi connectivity index (χ4v) is 3.78. The minimum Gasteiger partial charge on any atom is -0.309 e. The van der Waals surface area contributed by atoms with Crippen LogP contribution in [0.5, 0.6) is 0 Å². The summed E-state index contributed by atoms with van der Waals surface area (Å²) in [5.41, 5.74) is 5.29.